The molecule has 0 saturated carbocycles. The highest BCUT2D eigenvalue weighted by molar-refractivity contribution is 5.80. The number of ether oxygens (including phenoxy) is 2. The Labute approximate surface area is 84.9 Å². The lowest BCUT2D eigenvalue weighted by atomic mass is 10.2. The molecule has 0 spiro atoms. The predicted molar refractivity (Wildman–Crippen MR) is 54.5 cm³/mol. The van der Waals surface area contributed by atoms with E-state index >= 15 is 0 Å². The second-order valence-corrected chi connectivity index (χ2v) is 2.89. The predicted octanol–water partition coefficient (Wildman–Crippen LogP) is 0.955. The Hall–Kier alpha value is -0.810. The standard InChI is InChI=1S/C9H20N2O3/c1-3-8(7-9(10)11-12)14-6-5-13-4-2/h8,12H,3-7H2,1-2H3,(H2,10,11). The fourth-order valence-corrected chi connectivity index (χ4v) is 1.01. The maximum atomic E-state index is 8.37. The first-order valence-electron chi connectivity index (χ1n) is 4.90. The van der Waals surface area contributed by atoms with E-state index in [4.69, 9.17) is 20.4 Å². The molecule has 0 saturated heterocycles. The van der Waals surface area contributed by atoms with Gasteiger partial charge >= 0.3 is 0 Å². The molecule has 5 heteroatoms. The Morgan fingerprint density at radius 3 is 2.64 bits per heavy atom. The van der Waals surface area contributed by atoms with Crippen LogP contribution in [0.25, 0.3) is 0 Å². The number of oxime groups is 1. The zero-order valence-electron chi connectivity index (χ0n) is 8.90. The van der Waals surface area contributed by atoms with Crippen LogP contribution in [0.3, 0.4) is 0 Å². The largest absolute Gasteiger partial charge is 0.409 e. The molecule has 84 valence electrons. The normalized spacial score (nSPS) is 14.3. The van der Waals surface area contributed by atoms with Crippen molar-refractivity contribution in [3.8, 4) is 0 Å². The number of nitrogens with two attached hydrogens (primary N) is 1. The van der Waals surface area contributed by atoms with Crippen molar-refractivity contribution in [2.75, 3.05) is 19.8 Å². The van der Waals surface area contributed by atoms with Crippen LogP contribution in [0.1, 0.15) is 26.7 Å². The molecule has 0 amide bonds. The molecular formula is C9H20N2O3. The maximum absolute atomic E-state index is 8.37. The third kappa shape index (κ3) is 6.68. The van der Waals surface area contributed by atoms with Gasteiger partial charge in [-0.05, 0) is 13.3 Å². The van der Waals surface area contributed by atoms with Crippen molar-refractivity contribution >= 4 is 5.84 Å². The van der Waals surface area contributed by atoms with E-state index in [2.05, 4.69) is 5.16 Å². The summed E-state index contributed by atoms with van der Waals surface area (Å²) >= 11 is 0. The second kappa shape index (κ2) is 8.77. The number of hydrogen-bond acceptors (Lipinski definition) is 4. The number of nitrogens with zero attached hydrogens (tertiary/aromatic N) is 1. The molecule has 0 aromatic rings. The van der Waals surface area contributed by atoms with Gasteiger partial charge in [0.2, 0.25) is 0 Å². The molecular weight excluding hydrogens is 184 g/mol. The van der Waals surface area contributed by atoms with Crippen LogP contribution in [0.15, 0.2) is 5.16 Å². The summed E-state index contributed by atoms with van der Waals surface area (Å²) in [6.45, 7) is 5.76. The highest BCUT2D eigenvalue weighted by atomic mass is 16.5. The summed E-state index contributed by atoms with van der Waals surface area (Å²) < 4.78 is 10.6. The van der Waals surface area contributed by atoms with Gasteiger partial charge in [-0.15, -0.1) is 0 Å². The van der Waals surface area contributed by atoms with Crippen LogP contribution in [0.5, 0.6) is 0 Å². The molecule has 0 aliphatic heterocycles. The van der Waals surface area contributed by atoms with Crippen molar-refractivity contribution in [2.24, 2.45) is 10.9 Å². The van der Waals surface area contributed by atoms with Gasteiger partial charge < -0.3 is 20.4 Å². The molecule has 5 nitrogen and oxygen atoms in total. The Morgan fingerprint density at radius 1 is 1.43 bits per heavy atom. The SMILES string of the molecule is CCOCCOC(CC)C/C(N)=N/O. The van der Waals surface area contributed by atoms with Gasteiger partial charge in [0.25, 0.3) is 0 Å². The molecule has 0 rings (SSSR count). The van der Waals surface area contributed by atoms with Gasteiger partial charge in [-0.1, -0.05) is 12.1 Å². The van der Waals surface area contributed by atoms with Crippen LogP contribution < -0.4 is 5.73 Å². The van der Waals surface area contributed by atoms with Gasteiger partial charge in [0, 0.05) is 13.0 Å². The van der Waals surface area contributed by atoms with Crippen LogP contribution in [0.2, 0.25) is 0 Å². The summed E-state index contributed by atoms with van der Waals surface area (Å²) in [7, 11) is 0. The quantitative estimate of drug-likeness (QED) is 0.203. The minimum Gasteiger partial charge on any atom is -0.409 e. The monoisotopic (exact) mass is 204 g/mol. The number of rotatable bonds is 8. The van der Waals surface area contributed by atoms with E-state index in [1.54, 1.807) is 0 Å². The number of hydrogen-bond donors (Lipinski definition) is 2. The van der Waals surface area contributed by atoms with E-state index in [0.29, 0.717) is 26.2 Å². The average Bonchev–Trinajstić information content (AvgIpc) is 2.22. The maximum Gasteiger partial charge on any atom is 0.141 e. The first kappa shape index (κ1) is 13.2. The van der Waals surface area contributed by atoms with E-state index in [0.717, 1.165) is 6.42 Å². The Morgan fingerprint density at radius 2 is 2.14 bits per heavy atom. The molecule has 14 heavy (non-hydrogen) atoms. The van der Waals surface area contributed by atoms with Crippen molar-refractivity contribution < 1.29 is 14.7 Å². The molecule has 0 heterocycles. The highest BCUT2D eigenvalue weighted by Crippen LogP contribution is 2.03. The molecule has 1 unspecified atom stereocenters. The molecule has 3 N–H and O–H groups in total. The molecule has 0 radical (unpaired) electrons. The third-order valence-electron chi connectivity index (χ3n) is 1.81. The van der Waals surface area contributed by atoms with Crippen LogP contribution in [0, 0.1) is 0 Å². The van der Waals surface area contributed by atoms with E-state index in [1.165, 1.54) is 0 Å². The lowest BCUT2D eigenvalue weighted by Crippen LogP contribution is -2.23. The van der Waals surface area contributed by atoms with Crippen molar-refractivity contribution in [3.63, 3.8) is 0 Å². The summed E-state index contributed by atoms with van der Waals surface area (Å²) in [5, 5.41) is 11.3. The summed E-state index contributed by atoms with van der Waals surface area (Å²) in [5.74, 6) is 0.202. The van der Waals surface area contributed by atoms with Crippen molar-refractivity contribution in [2.45, 2.75) is 32.8 Å². The van der Waals surface area contributed by atoms with Gasteiger partial charge in [-0.2, -0.15) is 0 Å². The first-order valence-corrected chi connectivity index (χ1v) is 4.90. The number of amidine groups is 1. The summed E-state index contributed by atoms with van der Waals surface area (Å²) in [4.78, 5) is 0. The van der Waals surface area contributed by atoms with Gasteiger partial charge in [0.15, 0.2) is 0 Å². The van der Waals surface area contributed by atoms with Gasteiger partial charge in [0.05, 0.1) is 19.3 Å². The molecule has 0 fully saturated rings. The topological polar surface area (TPSA) is 77.1 Å². The van der Waals surface area contributed by atoms with Crippen molar-refractivity contribution in [1.29, 1.82) is 0 Å². The lowest BCUT2D eigenvalue weighted by Gasteiger charge is -2.14. The summed E-state index contributed by atoms with van der Waals surface area (Å²) in [5.41, 5.74) is 5.37. The van der Waals surface area contributed by atoms with Crippen LogP contribution in [-0.4, -0.2) is 37.0 Å². The lowest BCUT2D eigenvalue weighted by molar-refractivity contribution is 0.00888. The minimum atomic E-state index is 0.00589. The van der Waals surface area contributed by atoms with E-state index in [1.807, 2.05) is 13.8 Å². The van der Waals surface area contributed by atoms with Crippen molar-refractivity contribution in [1.82, 2.24) is 0 Å². The summed E-state index contributed by atoms with van der Waals surface area (Å²) in [6.07, 6.45) is 1.30. The third-order valence-corrected chi connectivity index (χ3v) is 1.81. The molecule has 1 atom stereocenters. The molecule has 0 aliphatic rings. The van der Waals surface area contributed by atoms with Gasteiger partial charge in [-0.3, -0.25) is 0 Å². The van der Waals surface area contributed by atoms with E-state index < -0.39 is 0 Å². The Bertz CT molecular complexity index is 162. The van der Waals surface area contributed by atoms with Gasteiger partial charge in [-0.25, -0.2) is 0 Å². The van der Waals surface area contributed by atoms with E-state index in [9.17, 15) is 0 Å². The van der Waals surface area contributed by atoms with Crippen LogP contribution in [-0.2, 0) is 9.47 Å². The highest BCUT2D eigenvalue weighted by Gasteiger charge is 2.08. The fourth-order valence-electron chi connectivity index (χ4n) is 1.01. The second-order valence-electron chi connectivity index (χ2n) is 2.89. The zero-order valence-corrected chi connectivity index (χ0v) is 8.90. The molecule has 0 aromatic carbocycles. The summed E-state index contributed by atoms with van der Waals surface area (Å²) in [6, 6.07) is 0. The first-order chi connectivity index (χ1) is 6.74. The molecule has 0 aromatic heterocycles. The zero-order chi connectivity index (χ0) is 10.8. The minimum absolute atomic E-state index is 0.00589. The van der Waals surface area contributed by atoms with Crippen LogP contribution in [0.4, 0.5) is 0 Å². The van der Waals surface area contributed by atoms with Crippen LogP contribution >= 0.6 is 0 Å². The molecule has 0 bridgehead atoms. The Balaban J connectivity index is 3.58. The smallest absolute Gasteiger partial charge is 0.141 e. The Kier molecular flexibility index (Phi) is 8.27. The van der Waals surface area contributed by atoms with Gasteiger partial charge in [0.1, 0.15) is 5.84 Å². The van der Waals surface area contributed by atoms with Crippen molar-refractivity contribution in [3.05, 3.63) is 0 Å². The average molecular weight is 204 g/mol. The fraction of sp³-hybridized carbons (Fsp3) is 0.889. The molecule has 0 aliphatic carbocycles. The van der Waals surface area contributed by atoms with E-state index in [-0.39, 0.29) is 11.9 Å².